The predicted molar refractivity (Wildman–Crippen MR) is 75.1 cm³/mol. The minimum atomic E-state index is 0.698. The summed E-state index contributed by atoms with van der Waals surface area (Å²) in [6, 6.07) is 10.8. The Balaban J connectivity index is 1.69. The maximum absolute atomic E-state index is 5.76. The van der Waals surface area contributed by atoms with Gasteiger partial charge in [-0.15, -0.1) is 0 Å². The summed E-state index contributed by atoms with van der Waals surface area (Å²) in [5.41, 5.74) is 0. The Kier molecular flexibility index (Phi) is 5.49. The van der Waals surface area contributed by atoms with Gasteiger partial charge in [-0.05, 0) is 38.1 Å². The van der Waals surface area contributed by atoms with E-state index in [1.807, 2.05) is 30.3 Å². The number of rotatable bonds is 7. The highest BCUT2D eigenvalue weighted by atomic mass is 16.5. The Morgan fingerprint density at radius 3 is 2.94 bits per heavy atom. The average Bonchev–Trinajstić information content (AvgIpc) is 2.85. The maximum atomic E-state index is 5.76. The maximum Gasteiger partial charge on any atom is 0.119 e. The summed E-state index contributed by atoms with van der Waals surface area (Å²) in [5.74, 6) is 0.972. The minimum absolute atomic E-state index is 0.698. The van der Waals surface area contributed by atoms with Crippen LogP contribution in [0.3, 0.4) is 0 Å². The molecule has 0 aliphatic carbocycles. The van der Waals surface area contributed by atoms with E-state index in [1.165, 1.54) is 19.4 Å². The van der Waals surface area contributed by atoms with Crippen molar-refractivity contribution >= 4 is 0 Å². The first-order valence-electron chi connectivity index (χ1n) is 7.02. The number of para-hydroxylation sites is 1. The topological polar surface area (TPSA) is 24.5 Å². The number of hydrogen-bond acceptors (Lipinski definition) is 3. The number of nitrogens with one attached hydrogen (secondary N) is 1. The lowest BCUT2D eigenvalue weighted by Crippen LogP contribution is -2.39. The van der Waals surface area contributed by atoms with Crippen molar-refractivity contribution in [1.82, 2.24) is 10.2 Å². The standard InChI is InChI=1S/C15H24N2O/c1-2-16-13-14-7-6-10-17(14)11-12-18-15-8-4-3-5-9-15/h3-5,8-9,14,16H,2,6-7,10-13H2,1H3. The van der Waals surface area contributed by atoms with Gasteiger partial charge in [0.25, 0.3) is 0 Å². The molecule has 1 N–H and O–H groups in total. The van der Waals surface area contributed by atoms with E-state index in [-0.39, 0.29) is 0 Å². The smallest absolute Gasteiger partial charge is 0.119 e. The first-order chi connectivity index (χ1) is 8.90. The molecule has 1 aromatic rings. The van der Waals surface area contributed by atoms with Gasteiger partial charge >= 0.3 is 0 Å². The van der Waals surface area contributed by atoms with Crippen LogP contribution in [0, 0.1) is 0 Å². The van der Waals surface area contributed by atoms with Gasteiger partial charge in [0.1, 0.15) is 12.4 Å². The lowest BCUT2D eigenvalue weighted by Gasteiger charge is -2.24. The van der Waals surface area contributed by atoms with Crippen LogP contribution in [0.25, 0.3) is 0 Å². The van der Waals surface area contributed by atoms with Crippen LogP contribution < -0.4 is 10.1 Å². The van der Waals surface area contributed by atoms with E-state index in [0.29, 0.717) is 6.04 Å². The molecule has 0 aromatic heterocycles. The monoisotopic (exact) mass is 248 g/mol. The number of ether oxygens (including phenoxy) is 1. The lowest BCUT2D eigenvalue weighted by atomic mass is 10.2. The summed E-state index contributed by atoms with van der Waals surface area (Å²) in [4.78, 5) is 2.55. The zero-order valence-corrected chi connectivity index (χ0v) is 11.3. The summed E-state index contributed by atoms with van der Waals surface area (Å²) in [6.07, 6.45) is 2.64. The summed E-state index contributed by atoms with van der Waals surface area (Å²) in [5, 5.41) is 3.45. The normalized spacial score (nSPS) is 20.2. The quantitative estimate of drug-likeness (QED) is 0.800. The van der Waals surface area contributed by atoms with Gasteiger partial charge in [-0.2, -0.15) is 0 Å². The molecule has 0 spiro atoms. The third-order valence-corrected chi connectivity index (χ3v) is 3.52. The van der Waals surface area contributed by atoms with Gasteiger partial charge in [-0.25, -0.2) is 0 Å². The van der Waals surface area contributed by atoms with E-state index in [1.54, 1.807) is 0 Å². The van der Waals surface area contributed by atoms with E-state index in [4.69, 9.17) is 4.74 Å². The molecule has 0 bridgehead atoms. The summed E-state index contributed by atoms with van der Waals surface area (Å²) < 4.78 is 5.76. The number of likely N-dealkylation sites (N-methyl/N-ethyl adjacent to an activating group) is 1. The molecule has 1 aliphatic rings. The molecule has 1 atom stereocenters. The first-order valence-corrected chi connectivity index (χ1v) is 7.02. The van der Waals surface area contributed by atoms with Gasteiger partial charge < -0.3 is 10.1 Å². The molecule has 1 aliphatic heterocycles. The Hall–Kier alpha value is -1.06. The molecular weight excluding hydrogens is 224 g/mol. The second-order valence-corrected chi connectivity index (χ2v) is 4.80. The number of benzene rings is 1. The molecule has 0 radical (unpaired) electrons. The van der Waals surface area contributed by atoms with Crippen molar-refractivity contribution in [3.8, 4) is 5.75 Å². The highest BCUT2D eigenvalue weighted by molar-refractivity contribution is 5.20. The molecule has 0 saturated carbocycles. The first kappa shape index (κ1) is 13.4. The van der Waals surface area contributed by atoms with Crippen LogP contribution in [0.5, 0.6) is 5.75 Å². The fourth-order valence-corrected chi connectivity index (χ4v) is 2.53. The predicted octanol–water partition coefficient (Wildman–Crippen LogP) is 2.14. The molecular formula is C15H24N2O. The zero-order chi connectivity index (χ0) is 12.6. The number of likely N-dealkylation sites (tertiary alicyclic amines) is 1. The van der Waals surface area contributed by atoms with Gasteiger partial charge in [-0.1, -0.05) is 25.1 Å². The Bertz CT molecular complexity index is 329. The Labute approximate surface area is 110 Å². The van der Waals surface area contributed by atoms with Gasteiger partial charge in [0, 0.05) is 19.1 Å². The van der Waals surface area contributed by atoms with E-state index >= 15 is 0 Å². The lowest BCUT2D eigenvalue weighted by molar-refractivity contribution is 0.194. The van der Waals surface area contributed by atoms with Crippen molar-refractivity contribution < 1.29 is 4.74 Å². The van der Waals surface area contributed by atoms with E-state index < -0.39 is 0 Å². The fourth-order valence-electron chi connectivity index (χ4n) is 2.53. The average molecular weight is 248 g/mol. The molecule has 3 nitrogen and oxygen atoms in total. The van der Waals surface area contributed by atoms with Crippen LogP contribution in [-0.2, 0) is 0 Å². The fraction of sp³-hybridized carbons (Fsp3) is 0.600. The highest BCUT2D eigenvalue weighted by Crippen LogP contribution is 2.16. The van der Waals surface area contributed by atoms with Crippen LogP contribution in [-0.4, -0.2) is 43.7 Å². The molecule has 3 heteroatoms. The van der Waals surface area contributed by atoms with Crippen molar-refractivity contribution in [3.63, 3.8) is 0 Å². The van der Waals surface area contributed by atoms with E-state index in [0.717, 1.165) is 32.0 Å². The van der Waals surface area contributed by atoms with Crippen molar-refractivity contribution in [2.75, 3.05) is 32.8 Å². The Morgan fingerprint density at radius 1 is 1.33 bits per heavy atom. The largest absolute Gasteiger partial charge is 0.492 e. The molecule has 18 heavy (non-hydrogen) atoms. The number of nitrogens with zero attached hydrogens (tertiary/aromatic N) is 1. The van der Waals surface area contributed by atoms with Crippen LogP contribution >= 0.6 is 0 Å². The van der Waals surface area contributed by atoms with Crippen molar-refractivity contribution in [1.29, 1.82) is 0 Å². The van der Waals surface area contributed by atoms with Gasteiger partial charge in [0.05, 0.1) is 0 Å². The second-order valence-electron chi connectivity index (χ2n) is 4.80. The van der Waals surface area contributed by atoms with Gasteiger partial charge in [-0.3, -0.25) is 4.90 Å². The summed E-state index contributed by atoms with van der Waals surface area (Å²) in [6.45, 7) is 7.37. The van der Waals surface area contributed by atoms with Crippen molar-refractivity contribution in [2.45, 2.75) is 25.8 Å². The molecule has 1 unspecified atom stereocenters. The van der Waals surface area contributed by atoms with Crippen LogP contribution in [0.15, 0.2) is 30.3 Å². The Morgan fingerprint density at radius 2 is 2.17 bits per heavy atom. The molecule has 1 aromatic carbocycles. The van der Waals surface area contributed by atoms with Crippen LogP contribution in [0.1, 0.15) is 19.8 Å². The summed E-state index contributed by atoms with van der Waals surface area (Å²) in [7, 11) is 0. The molecule has 100 valence electrons. The highest BCUT2D eigenvalue weighted by Gasteiger charge is 2.23. The molecule has 0 amide bonds. The van der Waals surface area contributed by atoms with Crippen molar-refractivity contribution in [2.24, 2.45) is 0 Å². The second kappa shape index (κ2) is 7.39. The minimum Gasteiger partial charge on any atom is -0.492 e. The molecule has 1 saturated heterocycles. The van der Waals surface area contributed by atoms with Crippen LogP contribution in [0.2, 0.25) is 0 Å². The molecule has 1 heterocycles. The van der Waals surface area contributed by atoms with E-state index in [9.17, 15) is 0 Å². The zero-order valence-electron chi connectivity index (χ0n) is 11.3. The van der Waals surface area contributed by atoms with Crippen molar-refractivity contribution in [3.05, 3.63) is 30.3 Å². The SMILES string of the molecule is CCNCC1CCCN1CCOc1ccccc1. The van der Waals surface area contributed by atoms with Crippen LogP contribution in [0.4, 0.5) is 0 Å². The number of hydrogen-bond donors (Lipinski definition) is 1. The van der Waals surface area contributed by atoms with Gasteiger partial charge in [0.15, 0.2) is 0 Å². The molecule has 1 fully saturated rings. The molecule has 2 rings (SSSR count). The summed E-state index contributed by atoms with van der Waals surface area (Å²) >= 11 is 0. The third kappa shape index (κ3) is 4.00. The van der Waals surface area contributed by atoms with Gasteiger partial charge in [0.2, 0.25) is 0 Å². The third-order valence-electron chi connectivity index (χ3n) is 3.52. The van der Waals surface area contributed by atoms with E-state index in [2.05, 4.69) is 17.1 Å².